The number of esters is 1. The van der Waals surface area contributed by atoms with Crippen molar-refractivity contribution in [3.05, 3.63) is 46.5 Å². The van der Waals surface area contributed by atoms with Crippen molar-refractivity contribution in [3.63, 3.8) is 0 Å². The number of rotatable bonds is 11. The third-order valence-corrected chi connectivity index (χ3v) is 6.82. The quantitative estimate of drug-likeness (QED) is 0.444. The Kier molecular flexibility index (Phi) is 10.6. The summed E-state index contributed by atoms with van der Waals surface area (Å²) in [6, 6.07) is 7.16. The van der Waals surface area contributed by atoms with E-state index in [1.54, 1.807) is 29.3 Å². The molecule has 0 saturated carbocycles. The molecule has 0 radical (unpaired) electrons. The minimum Gasteiger partial charge on any atom is -0.466 e. The summed E-state index contributed by atoms with van der Waals surface area (Å²) in [5, 5.41) is 4.80. The largest absolute Gasteiger partial charge is 0.466 e. The predicted molar refractivity (Wildman–Crippen MR) is 139 cm³/mol. The number of amides is 3. The number of aryl methyl sites for hydroxylation is 1. The molecule has 3 amide bonds. The van der Waals surface area contributed by atoms with Crippen molar-refractivity contribution in [2.75, 3.05) is 51.8 Å². The number of carbonyl (C=O) groups is 4. The lowest BCUT2D eigenvalue weighted by Crippen LogP contribution is -2.43. The van der Waals surface area contributed by atoms with Gasteiger partial charge in [-0.2, -0.15) is 0 Å². The SMILES string of the molecule is CCOC(=O)C1CCCN(C(=O)Cc2csc(NC(=O)CN(CCOC)C(=O)c3ccc(C)cc3)n2)C1. The first-order valence-electron chi connectivity index (χ1n) is 12.3. The first-order chi connectivity index (χ1) is 17.8. The van der Waals surface area contributed by atoms with Crippen molar-refractivity contribution in [1.29, 1.82) is 0 Å². The molecule has 11 heteroatoms. The Labute approximate surface area is 220 Å². The van der Waals surface area contributed by atoms with E-state index >= 15 is 0 Å². The molecule has 1 aromatic carbocycles. The molecule has 1 saturated heterocycles. The van der Waals surface area contributed by atoms with Crippen molar-refractivity contribution < 1.29 is 28.7 Å². The van der Waals surface area contributed by atoms with Crippen LogP contribution >= 0.6 is 11.3 Å². The maximum atomic E-state index is 12.9. The minimum atomic E-state index is -0.392. The van der Waals surface area contributed by atoms with Crippen LogP contribution in [-0.4, -0.2) is 85.0 Å². The maximum absolute atomic E-state index is 12.9. The van der Waals surface area contributed by atoms with Gasteiger partial charge in [0, 0.05) is 37.7 Å². The van der Waals surface area contributed by atoms with Gasteiger partial charge in [0.25, 0.3) is 5.91 Å². The van der Waals surface area contributed by atoms with Gasteiger partial charge in [-0.05, 0) is 38.8 Å². The van der Waals surface area contributed by atoms with Gasteiger partial charge in [-0.3, -0.25) is 19.2 Å². The zero-order valence-corrected chi connectivity index (χ0v) is 22.3. The van der Waals surface area contributed by atoms with Crippen LogP contribution in [0.5, 0.6) is 0 Å². The number of ether oxygens (including phenoxy) is 2. The van der Waals surface area contributed by atoms with Gasteiger partial charge < -0.3 is 24.6 Å². The average molecular weight is 531 g/mol. The highest BCUT2D eigenvalue weighted by molar-refractivity contribution is 7.13. The van der Waals surface area contributed by atoms with Crippen LogP contribution in [-0.2, 0) is 30.3 Å². The molecule has 1 fully saturated rings. The second-order valence-electron chi connectivity index (χ2n) is 8.89. The molecule has 1 aliphatic heterocycles. The molecular weight excluding hydrogens is 496 g/mol. The molecule has 1 unspecified atom stereocenters. The summed E-state index contributed by atoms with van der Waals surface area (Å²) < 4.78 is 10.2. The number of hydrogen-bond acceptors (Lipinski definition) is 8. The molecule has 1 aromatic heterocycles. The van der Waals surface area contributed by atoms with Crippen molar-refractivity contribution >= 4 is 40.2 Å². The van der Waals surface area contributed by atoms with Gasteiger partial charge in [-0.15, -0.1) is 11.3 Å². The second-order valence-corrected chi connectivity index (χ2v) is 9.74. The van der Waals surface area contributed by atoms with E-state index in [1.807, 2.05) is 19.1 Å². The third-order valence-electron chi connectivity index (χ3n) is 6.01. The van der Waals surface area contributed by atoms with Gasteiger partial charge in [0.05, 0.1) is 31.2 Å². The van der Waals surface area contributed by atoms with Crippen LogP contribution in [0.15, 0.2) is 29.6 Å². The molecule has 3 rings (SSSR count). The Morgan fingerprint density at radius 3 is 2.68 bits per heavy atom. The molecule has 2 heterocycles. The van der Waals surface area contributed by atoms with Gasteiger partial charge in [0.2, 0.25) is 11.8 Å². The molecule has 200 valence electrons. The number of carbonyl (C=O) groups excluding carboxylic acids is 4. The van der Waals surface area contributed by atoms with Crippen molar-refractivity contribution in [1.82, 2.24) is 14.8 Å². The first kappa shape index (κ1) is 28.3. The molecule has 0 aliphatic carbocycles. The number of thiazole rings is 1. The first-order valence-corrected chi connectivity index (χ1v) is 13.2. The maximum Gasteiger partial charge on any atom is 0.310 e. The van der Waals surface area contributed by atoms with E-state index in [-0.39, 0.29) is 43.2 Å². The van der Waals surface area contributed by atoms with Gasteiger partial charge in [-0.25, -0.2) is 4.98 Å². The van der Waals surface area contributed by atoms with Crippen LogP contribution in [0.2, 0.25) is 0 Å². The van der Waals surface area contributed by atoms with E-state index in [0.29, 0.717) is 49.1 Å². The van der Waals surface area contributed by atoms with Gasteiger partial charge in [-0.1, -0.05) is 17.7 Å². The van der Waals surface area contributed by atoms with Crippen LogP contribution in [0, 0.1) is 12.8 Å². The second kappa shape index (κ2) is 13.8. The summed E-state index contributed by atoms with van der Waals surface area (Å²) in [5.41, 5.74) is 2.07. The Hall–Kier alpha value is -3.31. The summed E-state index contributed by atoms with van der Waals surface area (Å²) in [7, 11) is 1.54. The normalized spacial score (nSPS) is 15.2. The van der Waals surface area contributed by atoms with Crippen LogP contribution in [0.4, 0.5) is 5.13 Å². The van der Waals surface area contributed by atoms with E-state index in [2.05, 4.69) is 10.3 Å². The van der Waals surface area contributed by atoms with E-state index < -0.39 is 5.91 Å². The van der Waals surface area contributed by atoms with E-state index in [0.717, 1.165) is 12.0 Å². The Morgan fingerprint density at radius 1 is 1.22 bits per heavy atom. The fourth-order valence-electron chi connectivity index (χ4n) is 4.03. The number of nitrogens with zero attached hydrogens (tertiary/aromatic N) is 3. The Bertz CT molecular complexity index is 1090. The smallest absolute Gasteiger partial charge is 0.310 e. The average Bonchev–Trinajstić information content (AvgIpc) is 3.33. The summed E-state index contributed by atoms with van der Waals surface area (Å²) in [5.74, 6) is -1.34. The van der Waals surface area contributed by atoms with E-state index in [1.165, 1.54) is 23.3 Å². The topological polar surface area (TPSA) is 118 Å². The molecule has 2 aromatic rings. The van der Waals surface area contributed by atoms with Crippen LogP contribution < -0.4 is 5.32 Å². The molecule has 10 nitrogen and oxygen atoms in total. The molecule has 1 N–H and O–H groups in total. The van der Waals surface area contributed by atoms with Gasteiger partial charge in [0.15, 0.2) is 5.13 Å². The number of methoxy groups -OCH3 is 1. The van der Waals surface area contributed by atoms with Gasteiger partial charge in [0.1, 0.15) is 6.54 Å². The number of likely N-dealkylation sites (tertiary alicyclic amines) is 1. The predicted octanol–water partition coefficient (Wildman–Crippen LogP) is 2.52. The standard InChI is InChI=1S/C26H34N4O6S/c1-4-36-25(34)20-6-5-11-29(15-20)23(32)14-21-17-37-26(27-21)28-22(31)16-30(12-13-35-3)24(33)19-9-7-18(2)8-10-19/h7-10,17,20H,4-6,11-16H2,1-3H3,(H,27,28,31). The highest BCUT2D eigenvalue weighted by atomic mass is 32.1. The number of benzene rings is 1. The summed E-state index contributed by atoms with van der Waals surface area (Å²) in [4.78, 5) is 58.0. The van der Waals surface area contributed by atoms with Crippen molar-refractivity contribution in [2.45, 2.75) is 33.1 Å². The molecule has 1 aliphatic rings. The highest BCUT2D eigenvalue weighted by Gasteiger charge is 2.29. The van der Waals surface area contributed by atoms with Crippen LogP contribution in [0.1, 0.15) is 41.4 Å². The molecule has 37 heavy (non-hydrogen) atoms. The number of aromatic nitrogens is 1. The van der Waals surface area contributed by atoms with E-state index in [4.69, 9.17) is 9.47 Å². The zero-order valence-electron chi connectivity index (χ0n) is 21.5. The minimum absolute atomic E-state index is 0.0772. The zero-order chi connectivity index (χ0) is 26.8. The Morgan fingerprint density at radius 2 is 1.97 bits per heavy atom. The van der Waals surface area contributed by atoms with Crippen molar-refractivity contribution in [3.8, 4) is 0 Å². The number of hydrogen-bond donors (Lipinski definition) is 1. The summed E-state index contributed by atoms with van der Waals surface area (Å²) >= 11 is 1.21. The Balaban J connectivity index is 1.55. The lowest BCUT2D eigenvalue weighted by molar-refractivity contribution is -0.151. The third kappa shape index (κ3) is 8.36. The molecule has 0 bridgehead atoms. The monoisotopic (exact) mass is 530 g/mol. The number of piperidine rings is 1. The van der Waals surface area contributed by atoms with E-state index in [9.17, 15) is 19.2 Å². The molecule has 1 atom stereocenters. The molecular formula is C26H34N4O6S. The lowest BCUT2D eigenvalue weighted by atomic mass is 9.98. The fraction of sp³-hybridized carbons (Fsp3) is 0.500. The lowest BCUT2D eigenvalue weighted by Gasteiger charge is -2.31. The van der Waals surface area contributed by atoms with Crippen LogP contribution in [0.3, 0.4) is 0 Å². The fourth-order valence-corrected chi connectivity index (χ4v) is 4.76. The van der Waals surface area contributed by atoms with Crippen molar-refractivity contribution in [2.24, 2.45) is 5.92 Å². The molecule has 0 spiro atoms. The summed E-state index contributed by atoms with van der Waals surface area (Å²) in [6.07, 6.45) is 1.53. The summed E-state index contributed by atoms with van der Waals surface area (Å²) in [6.45, 7) is 5.35. The number of nitrogens with one attached hydrogen (secondary N) is 1. The number of anilines is 1. The van der Waals surface area contributed by atoms with Crippen LogP contribution in [0.25, 0.3) is 0 Å². The highest BCUT2D eigenvalue weighted by Crippen LogP contribution is 2.21. The van der Waals surface area contributed by atoms with Gasteiger partial charge >= 0.3 is 5.97 Å².